The number of allylic oxidation sites excluding steroid dienone is 2. The molecule has 1 aromatic carbocycles. The van der Waals surface area contributed by atoms with Crippen LogP contribution in [0.15, 0.2) is 30.4 Å². The molecule has 0 heterocycles. The van der Waals surface area contributed by atoms with Crippen molar-refractivity contribution in [2.24, 2.45) is 17.8 Å². The van der Waals surface area contributed by atoms with E-state index in [2.05, 4.69) is 38.1 Å². The summed E-state index contributed by atoms with van der Waals surface area (Å²) in [6, 6.07) is 6.35. The molecule has 2 unspecified atom stereocenters. The number of unbranched alkanes of at least 4 members (excludes halogenated alkanes) is 4. The maximum absolute atomic E-state index is 15.1. The van der Waals surface area contributed by atoms with Gasteiger partial charge in [-0.25, -0.2) is 4.39 Å². The van der Waals surface area contributed by atoms with E-state index in [0.29, 0.717) is 5.92 Å². The van der Waals surface area contributed by atoms with Crippen LogP contribution in [0.3, 0.4) is 0 Å². The fourth-order valence-corrected chi connectivity index (χ4v) is 6.14. The van der Waals surface area contributed by atoms with E-state index in [1.165, 1.54) is 95.5 Å². The van der Waals surface area contributed by atoms with E-state index >= 15 is 4.39 Å². The number of hydrogen-bond acceptors (Lipinski definition) is 0. The minimum Gasteiger partial charge on any atom is -0.207 e. The zero-order valence-corrected chi connectivity index (χ0v) is 20.4. The Hall–Kier alpha value is -1.11. The van der Waals surface area contributed by atoms with E-state index < -0.39 is 0 Å². The molecule has 0 saturated heterocycles. The van der Waals surface area contributed by atoms with Gasteiger partial charge in [-0.15, -0.1) is 0 Å². The normalized spacial score (nSPS) is 24.9. The molecule has 0 amide bonds. The molecule has 31 heavy (non-hydrogen) atoms. The van der Waals surface area contributed by atoms with Crippen LogP contribution in [0.2, 0.25) is 0 Å². The molecule has 2 atom stereocenters. The zero-order valence-electron chi connectivity index (χ0n) is 20.4. The van der Waals surface area contributed by atoms with Gasteiger partial charge in [-0.3, -0.25) is 0 Å². The Balaban J connectivity index is 1.67. The van der Waals surface area contributed by atoms with Crippen LogP contribution in [0.4, 0.5) is 4.39 Å². The third-order valence-corrected chi connectivity index (χ3v) is 8.20. The minimum absolute atomic E-state index is 0.0548. The van der Waals surface area contributed by atoms with Gasteiger partial charge in [0, 0.05) is 0 Å². The molecular weight excluding hydrogens is 379 g/mol. The minimum atomic E-state index is 0.0548. The first kappa shape index (κ1) is 24.5. The molecule has 0 nitrogen and oxygen atoms in total. The first-order valence-electron chi connectivity index (χ1n) is 13.6. The van der Waals surface area contributed by atoms with Crippen molar-refractivity contribution in [3.05, 3.63) is 47.3 Å². The molecule has 1 aromatic rings. The van der Waals surface area contributed by atoms with Gasteiger partial charge in [-0.1, -0.05) is 89.5 Å². The van der Waals surface area contributed by atoms with Gasteiger partial charge in [-0.2, -0.15) is 0 Å². The van der Waals surface area contributed by atoms with Crippen LogP contribution in [0.25, 0.3) is 0 Å². The van der Waals surface area contributed by atoms with E-state index in [1.807, 2.05) is 6.07 Å². The summed E-state index contributed by atoms with van der Waals surface area (Å²) in [7, 11) is 0. The Morgan fingerprint density at radius 2 is 1.68 bits per heavy atom. The quantitative estimate of drug-likeness (QED) is 0.230. The van der Waals surface area contributed by atoms with E-state index in [4.69, 9.17) is 0 Å². The molecule has 1 heteroatoms. The fraction of sp³-hybridized carbons (Fsp3) is 0.733. The van der Waals surface area contributed by atoms with E-state index in [9.17, 15) is 0 Å². The third-order valence-electron chi connectivity index (χ3n) is 8.20. The first-order chi connectivity index (χ1) is 15.2. The molecule has 3 rings (SSSR count). The molecule has 1 fully saturated rings. The number of halogens is 1. The molecule has 0 aromatic heterocycles. The van der Waals surface area contributed by atoms with Gasteiger partial charge in [-0.05, 0) is 92.2 Å². The second kappa shape index (κ2) is 13.4. The Labute approximate surface area is 192 Å². The Morgan fingerprint density at radius 3 is 2.35 bits per heavy atom. The fourth-order valence-electron chi connectivity index (χ4n) is 6.14. The lowest BCUT2D eigenvalue weighted by Gasteiger charge is -2.36. The Morgan fingerprint density at radius 1 is 0.871 bits per heavy atom. The summed E-state index contributed by atoms with van der Waals surface area (Å²) in [5.74, 6) is 3.08. The highest BCUT2D eigenvalue weighted by molar-refractivity contribution is 5.28. The van der Waals surface area contributed by atoms with Crippen LogP contribution in [-0.4, -0.2) is 0 Å². The van der Waals surface area contributed by atoms with Crippen LogP contribution < -0.4 is 0 Å². The van der Waals surface area contributed by atoms with Gasteiger partial charge in [0.25, 0.3) is 0 Å². The maximum Gasteiger partial charge on any atom is 0.126 e. The van der Waals surface area contributed by atoms with Crippen LogP contribution in [0.5, 0.6) is 0 Å². The van der Waals surface area contributed by atoms with Crippen molar-refractivity contribution < 1.29 is 4.39 Å². The second-order valence-corrected chi connectivity index (χ2v) is 10.6. The number of aryl methyl sites for hydroxylation is 1. The van der Waals surface area contributed by atoms with Crippen LogP contribution in [0, 0.1) is 23.6 Å². The summed E-state index contributed by atoms with van der Waals surface area (Å²) in [6.07, 6.45) is 25.1. The highest BCUT2D eigenvalue weighted by atomic mass is 19.1. The molecular formula is C30H47F. The van der Waals surface area contributed by atoms with Crippen molar-refractivity contribution in [1.82, 2.24) is 0 Å². The van der Waals surface area contributed by atoms with Gasteiger partial charge in [0.15, 0.2) is 0 Å². The maximum atomic E-state index is 15.1. The molecule has 1 saturated carbocycles. The van der Waals surface area contributed by atoms with Crippen molar-refractivity contribution in [2.75, 3.05) is 0 Å². The highest BCUT2D eigenvalue weighted by Crippen LogP contribution is 2.44. The predicted octanol–water partition coefficient (Wildman–Crippen LogP) is 9.78. The van der Waals surface area contributed by atoms with Crippen molar-refractivity contribution in [3.63, 3.8) is 0 Å². The third kappa shape index (κ3) is 7.76. The summed E-state index contributed by atoms with van der Waals surface area (Å²) in [5, 5.41) is 0. The van der Waals surface area contributed by atoms with Gasteiger partial charge in [0.2, 0.25) is 0 Å². The Kier molecular flexibility index (Phi) is 10.6. The topological polar surface area (TPSA) is 0 Å². The predicted molar refractivity (Wildman–Crippen MR) is 133 cm³/mol. The average Bonchev–Trinajstić information content (AvgIpc) is 2.81. The number of benzene rings is 1. The van der Waals surface area contributed by atoms with E-state index in [-0.39, 0.29) is 5.82 Å². The second-order valence-electron chi connectivity index (χ2n) is 10.6. The molecule has 0 spiro atoms. The Bertz CT molecular complexity index is 652. The van der Waals surface area contributed by atoms with Crippen molar-refractivity contribution in [1.29, 1.82) is 0 Å². The molecule has 0 radical (unpaired) electrons. The average molecular weight is 427 g/mol. The standard InChI is InChI=1S/C30H47F/c1-3-5-7-11-15-27-20-21-28(23-30(27)31)29(22-25-13-9-8-10-14-25)26-18-16-24(17-19-26)12-6-4-2/h8-9,20-21,23-26,29H,3-7,10-19,22H2,1-2H3. The summed E-state index contributed by atoms with van der Waals surface area (Å²) >= 11 is 0. The lowest BCUT2D eigenvalue weighted by Crippen LogP contribution is -2.23. The molecule has 0 aliphatic heterocycles. The lowest BCUT2D eigenvalue weighted by molar-refractivity contribution is 0.210. The summed E-state index contributed by atoms with van der Waals surface area (Å²) < 4.78 is 15.1. The molecule has 174 valence electrons. The monoisotopic (exact) mass is 426 g/mol. The van der Waals surface area contributed by atoms with Crippen molar-refractivity contribution in [3.8, 4) is 0 Å². The SMILES string of the molecule is CCCCCCc1ccc(C(CC2CC=CCC2)C2CCC(CCCC)CC2)cc1F. The summed E-state index contributed by atoms with van der Waals surface area (Å²) in [5.41, 5.74) is 2.23. The smallest absolute Gasteiger partial charge is 0.126 e. The summed E-state index contributed by atoms with van der Waals surface area (Å²) in [6.45, 7) is 4.54. The molecule has 0 N–H and O–H groups in total. The van der Waals surface area contributed by atoms with Gasteiger partial charge in [0.05, 0.1) is 0 Å². The molecule has 2 aliphatic carbocycles. The highest BCUT2D eigenvalue weighted by Gasteiger charge is 2.30. The van der Waals surface area contributed by atoms with Crippen LogP contribution in [-0.2, 0) is 6.42 Å². The first-order valence-corrected chi connectivity index (χ1v) is 13.6. The van der Waals surface area contributed by atoms with Gasteiger partial charge >= 0.3 is 0 Å². The van der Waals surface area contributed by atoms with Crippen LogP contribution >= 0.6 is 0 Å². The van der Waals surface area contributed by atoms with Crippen molar-refractivity contribution in [2.45, 2.75) is 122 Å². The molecule has 0 bridgehead atoms. The van der Waals surface area contributed by atoms with Crippen LogP contribution in [0.1, 0.15) is 127 Å². The van der Waals surface area contributed by atoms with E-state index in [1.54, 1.807) is 0 Å². The van der Waals surface area contributed by atoms with Gasteiger partial charge in [0.1, 0.15) is 5.82 Å². The lowest BCUT2D eigenvalue weighted by atomic mass is 9.69. The van der Waals surface area contributed by atoms with Crippen molar-refractivity contribution >= 4 is 0 Å². The zero-order chi connectivity index (χ0) is 21.9. The number of hydrogen-bond donors (Lipinski definition) is 0. The summed E-state index contributed by atoms with van der Waals surface area (Å²) in [4.78, 5) is 0. The molecule has 2 aliphatic rings. The van der Waals surface area contributed by atoms with Gasteiger partial charge < -0.3 is 0 Å². The number of rotatable bonds is 12. The van der Waals surface area contributed by atoms with E-state index in [0.717, 1.165) is 36.2 Å². The largest absolute Gasteiger partial charge is 0.207 e.